The van der Waals surface area contributed by atoms with Crippen molar-refractivity contribution in [2.24, 2.45) is 0 Å². The van der Waals surface area contributed by atoms with Crippen molar-refractivity contribution in [3.63, 3.8) is 0 Å². The number of nitrogens with zero attached hydrogens (tertiary/aromatic N) is 1. The van der Waals surface area contributed by atoms with Crippen LogP contribution in [0.15, 0.2) is 23.1 Å². The Kier molecular flexibility index (Phi) is 3.96. The number of halogens is 1. The van der Waals surface area contributed by atoms with Crippen LogP contribution in [-0.4, -0.2) is 20.5 Å². The van der Waals surface area contributed by atoms with E-state index in [0.29, 0.717) is 0 Å². The molecule has 0 aliphatic rings. The van der Waals surface area contributed by atoms with E-state index in [9.17, 15) is 12.8 Å². The fourth-order valence-electron chi connectivity index (χ4n) is 1.50. The third-order valence-corrected chi connectivity index (χ3v) is 5.14. The van der Waals surface area contributed by atoms with Gasteiger partial charge in [0.15, 0.2) is 16.7 Å². The largest absolute Gasteiger partial charge is 0.494 e. The molecule has 20 heavy (non-hydrogen) atoms. The van der Waals surface area contributed by atoms with Gasteiger partial charge in [-0.05, 0) is 32.0 Å². The van der Waals surface area contributed by atoms with Gasteiger partial charge in [0.2, 0.25) is 0 Å². The Morgan fingerprint density at radius 2 is 2.05 bits per heavy atom. The molecule has 5 nitrogen and oxygen atoms in total. The van der Waals surface area contributed by atoms with E-state index in [0.717, 1.165) is 16.6 Å². The SMILES string of the molecule is COc1ccc(S(=O)(=O)Nc2nc(C)c(C)s2)cc1F. The Hall–Kier alpha value is -1.67. The first-order chi connectivity index (χ1) is 9.33. The molecule has 0 radical (unpaired) electrons. The van der Waals surface area contributed by atoms with Crippen molar-refractivity contribution in [3.8, 4) is 5.75 Å². The van der Waals surface area contributed by atoms with Gasteiger partial charge < -0.3 is 4.74 Å². The predicted molar refractivity (Wildman–Crippen MR) is 75.3 cm³/mol. The molecule has 0 aliphatic heterocycles. The second-order valence-corrected chi connectivity index (χ2v) is 6.95. The molecular formula is C12H13FN2O3S2. The zero-order valence-corrected chi connectivity index (χ0v) is 12.7. The van der Waals surface area contributed by atoms with Crippen molar-refractivity contribution in [3.05, 3.63) is 34.6 Å². The van der Waals surface area contributed by atoms with E-state index in [4.69, 9.17) is 4.74 Å². The molecule has 1 aromatic carbocycles. The van der Waals surface area contributed by atoms with E-state index in [2.05, 4.69) is 9.71 Å². The topological polar surface area (TPSA) is 68.3 Å². The molecular weight excluding hydrogens is 303 g/mol. The number of benzene rings is 1. The molecule has 2 rings (SSSR count). The van der Waals surface area contributed by atoms with Gasteiger partial charge in [-0.2, -0.15) is 0 Å². The van der Waals surface area contributed by atoms with Crippen molar-refractivity contribution < 1.29 is 17.5 Å². The molecule has 0 saturated heterocycles. The van der Waals surface area contributed by atoms with E-state index in [1.165, 1.54) is 30.6 Å². The van der Waals surface area contributed by atoms with Crippen LogP contribution in [0.3, 0.4) is 0 Å². The number of rotatable bonds is 4. The van der Waals surface area contributed by atoms with Gasteiger partial charge in [-0.3, -0.25) is 4.72 Å². The van der Waals surface area contributed by atoms with Crippen LogP contribution in [0.5, 0.6) is 5.75 Å². The maximum Gasteiger partial charge on any atom is 0.263 e. The highest BCUT2D eigenvalue weighted by molar-refractivity contribution is 7.93. The number of thiazole rings is 1. The van der Waals surface area contributed by atoms with Crippen molar-refractivity contribution in [1.29, 1.82) is 0 Å². The molecule has 0 bridgehead atoms. The highest BCUT2D eigenvalue weighted by Crippen LogP contribution is 2.26. The fraction of sp³-hybridized carbons (Fsp3) is 0.250. The first-order valence-corrected chi connectivity index (χ1v) is 7.94. The molecule has 2 aromatic rings. The van der Waals surface area contributed by atoms with Gasteiger partial charge in [0.25, 0.3) is 10.0 Å². The number of ether oxygens (including phenoxy) is 1. The Morgan fingerprint density at radius 3 is 2.55 bits per heavy atom. The van der Waals surface area contributed by atoms with Gasteiger partial charge in [0.05, 0.1) is 17.7 Å². The standard InChI is InChI=1S/C12H13FN2O3S2/c1-7-8(2)19-12(14-7)15-20(16,17)9-4-5-11(18-3)10(13)6-9/h4-6H,1-3H3,(H,14,15). The summed E-state index contributed by atoms with van der Waals surface area (Å²) in [6, 6.07) is 3.45. The van der Waals surface area contributed by atoms with Crippen molar-refractivity contribution in [1.82, 2.24) is 4.98 Å². The summed E-state index contributed by atoms with van der Waals surface area (Å²) in [6.45, 7) is 3.63. The van der Waals surface area contributed by atoms with E-state index >= 15 is 0 Å². The summed E-state index contributed by atoms with van der Waals surface area (Å²) < 4.78 is 44.9. The molecule has 0 amide bonds. The zero-order valence-electron chi connectivity index (χ0n) is 11.1. The average Bonchev–Trinajstić information content (AvgIpc) is 2.67. The van der Waals surface area contributed by atoms with E-state index in [-0.39, 0.29) is 15.8 Å². The Bertz CT molecular complexity index is 722. The van der Waals surface area contributed by atoms with Crippen LogP contribution in [0.25, 0.3) is 0 Å². The van der Waals surface area contributed by atoms with Gasteiger partial charge in [-0.1, -0.05) is 0 Å². The number of sulfonamides is 1. The summed E-state index contributed by atoms with van der Waals surface area (Å²) in [5.41, 5.74) is 0.758. The van der Waals surface area contributed by atoms with Crippen LogP contribution in [0.1, 0.15) is 10.6 Å². The lowest BCUT2D eigenvalue weighted by Gasteiger charge is -2.07. The molecule has 1 aromatic heterocycles. The number of nitrogens with one attached hydrogen (secondary N) is 1. The van der Waals surface area contributed by atoms with Crippen LogP contribution in [0.2, 0.25) is 0 Å². The summed E-state index contributed by atoms with van der Waals surface area (Å²) in [5, 5.41) is 0.260. The quantitative estimate of drug-likeness (QED) is 0.941. The first-order valence-electron chi connectivity index (χ1n) is 5.64. The summed E-state index contributed by atoms with van der Waals surface area (Å²) in [6.07, 6.45) is 0. The second kappa shape index (κ2) is 5.37. The van der Waals surface area contributed by atoms with Crippen LogP contribution >= 0.6 is 11.3 Å². The molecule has 108 valence electrons. The minimum Gasteiger partial charge on any atom is -0.494 e. The van der Waals surface area contributed by atoms with Crippen molar-refractivity contribution >= 4 is 26.5 Å². The Morgan fingerprint density at radius 1 is 1.35 bits per heavy atom. The Labute approximate surface area is 120 Å². The van der Waals surface area contributed by atoms with E-state index in [1.54, 1.807) is 6.92 Å². The first kappa shape index (κ1) is 14.7. The third-order valence-electron chi connectivity index (χ3n) is 2.68. The molecule has 0 spiro atoms. The van der Waals surface area contributed by atoms with Crippen LogP contribution in [0.4, 0.5) is 9.52 Å². The molecule has 1 N–H and O–H groups in total. The number of hydrogen-bond donors (Lipinski definition) is 1. The highest BCUT2D eigenvalue weighted by Gasteiger charge is 2.18. The average molecular weight is 316 g/mol. The summed E-state index contributed by atoms with van der Waals surface area (Å²) in [5.74, 6) is -0.744. The van der Waals surface area contributed by atoms with Gasteiger partial charge in [0.1, 0.15) is 0 Å². The highest BCUT2D eigenvalue weighted by atomic mass is 32.2. The monoisotopic (exact) mass is 316 g/mol. The van der Waals surface area contributed by atoms with Gasteiger partial charge in [-0.15, -0.1) is 11.3 Å². The Balaban J connectivity index is 2.33. The zero-order chi connectivity index (χ0) is 14.9. The third kappa shape index (κ3) is 2.91. The molecule has 1 heterocycles. The molecule has 0 unspecified atom stereocenters. The van der Waals surface area contributed by atoms with Gasteiger partial charge in [0, 0.05) is 4.88 Å². The maximum absolute atomic E-state index is 13.6. The van der Waals surface area contributed by atoms with Crippen molar-refractivity contribution in [2.75, 3.05) is 11.8 Å². The number of methoxy groups -OCH3 is 1. The summed E-state index contributed by atoms with van der Waals surface area (Å²) >= 11 is 1.23. The minimum absolute atomic E-state index is 0.00936. The number of hydrogen-bond acceptors (Lipinski definition) is 5. The second-order valence-electron chi connectivity index (χ2n) is 4.06. The molecule has 0 fully saturated rings. The van der Waals surface area contributed by atoms with Gasteiger partial charge in [-0.25, -0.2) is 17.8 Å². The maximum atomic E-state index is 13.6. The molecule has 8 heteroatoms. The number of aromatic nitrogens is 1. The van der Waals surface area contributed by atoms with Crippen LogP contribution < -0.4 is 9.46 Å². The minimum atomic E-state index is -3.86. The molecule has 0 saturated carbocycles. The number of anilines is 1. The predicted octanol–water partition coefficient (Wildman–Crippen LogP) is 2.71. The van der Waals surface area contributed by atoms with Crippen LogP contribution in [0, 0.1) is 19.7 Å². The summed E-state index contributed by atoms with van der Waals surface area (Å²) in [7, 11) is -2.55. The fourth-order valence-corrected chi connectivity index (χ4v) is 3.57. The lowest BCUT2D eigenvalue weighted by molar-refractivity contribution is 0.385. The summed E-state index contributed by atoms with van der Waals surface area (Å²) in [4.78, 5) is 4.83. The van der Waals surface area contributed by atoms with Crippen LogP contribution in [-0.2, 0) is 10.0 Å². The molecule has 0 aliphatic carbocycles. The normalized spacial score (nSPS) is 11.4. The lowest BCUT2D eigenvalue weighted by Crippen LogP contribution is -2.13. The number of aryl methyl sites for hydroxylation is 2. The smallest absolute Gasteiger partial charge is 0.263 e. The van der Waals surface area contributed by atoms with Crippen molar-refractivity contribution in [2.45, 2.75) is 18.7 Å². The van der Waals surface area contributed by atoms with E-state index in [1.807, 2.05) is 6.92 Å². The lowest BCUT2D eigenvalue weighted by atomic mass is 10.3. The van der Waals surface area contributed by atoms with E-state index < -0.39 is 15.8 Å². The molecule has 0 atom stereocenters. The van der Waals surface area contributed by atoms with Gasteiger partial charge >= 0.3 is 0 Å².